The molecular formula is C24H28N4O3S. The van der Waals surface area contributed by atoms with E-state index in [-0.39, 0.29) is 6.03 Å². The molecule has 2 aliphatic rings. The van der Waals surface area contributed by atoms with Gasteiger partial charge in [-0.1, -0.05) is 37.3 Å². The third kappa shape index (κ3) is 4.60. The molecule has 0 aromatic heterocycles. The first kappa shape index (κ1) is 22.2. The second-order valence-corrected chi connectivity index (χ2v) is 8.90. The summed E-state index contributed by atoms with van der Waals surface area (Å²) in [5.74, 6) is 2.14. The van der Waals surface area contributed by atoms with Gasteiger partial charge in [0.1, 0.15) is 5.04 Å². The Hall–Kier alpha value is -3.00. The lowest BCUT2D eigenvalue weighted by Crippen LogP contribution is -2.46. The topological polar surface area (TPSA) is 75.5 Å². The van der Waals surface area contributed by atoms with E-state index in [4.69, 9.17) is 19.5 Å². The van der Waals surface area contributed by atoms with E-state index in [0.29, 0.717) is 43.1 Å². The molecule has 168 valence electrons. The zero-order valence-corrected chi connectivity index (χ0v) is 19.4. The highest BCUT2D eigenvalue weighted by molar-refractivity contribution is 8.15. The average Bonchev–Trinajstić information content (AvgIpc) is 3.17. The molecule has 2 aliphatic heterocycles. The molecule has 32 heavy (non-hydrogen) atoms. The van der Waals surface area contributed by atoms with Crippen molar-refractivity contribution >= 4 is 34.2 Å². The van der Waals surface area contributed by atoms with E-state index in [1.807, 2.05) is 23.1 Å². The second kappa shape index (κ2) is 9.65. The van der Waals surface area contributed by atoms with Crippen LogP contribution in [0.3, 0.4) is 0 Å². The van der Waals surface area contributed by atoms with Crippen LogP contribution in [0.4, 0.5) is 10.5 Å². The number of carbonyl (C=O) groups is 1. The summed E-state index contributed by atoms with van der Waals surface area (Å²) in [5.41, 5.74) is 2.26. The average molecular weight is 453 g/mol. The molecule has 1 saturated heterocycles. The molecular weight excluding hydrogens is 424 g/mol. The van der Waals surface area contributed by atoms with E-state index >= 15 is 0 Å². The normalized spacial score (nSPS) is 17.0. The van der Waals surface area contributed by atoms with Gasteiger partial charge >= 0.3 is 6.03 Å². The van der Waals surface area contributed by atoms with Crippen molar-refractivity contribution in [2.45, 2.75) is 25.4 Å². The first-order chi connectivity index (χ1) is 15.6. The summed E-state index contributed by atoms with van der Waals surface area (Å²) in [7, 11) is 3.16. The number of nitrogens with one attached hydrogen (secondary N) is 1. The van der Waals surface area contributed by atoms with Crippen LogP contribution in [0.15, 0.2) is 58.5 Å². The number of methoxy groups -OCH3 is 2. The maximum atomic E-state index is 12.8. The predicted molar refractivity (Wildman–Crippen MR) is 131 cm³/mol. The maximum absolute atomic E-state index is 12.8. The molecule has 7 nitrogen and oxygen atoms in total. The minimum absolute atomic E-state index is 0.135. The van der Waals surface area contributed by atoms with Gasteiger partial charge in [-0.3, -0.25) is 4.99 Å². The summed E-state index contributed by atoms with van der Waals surface area (Å²) in [6.07, 6.45) is 1.41. The lowest BCUT2D eigenvalue weighted by atomic mass is 9.98. The van der Waals surface area contributed by atoms with E-state index in [2.05, 4.69) is 24.4 Å². The largest absolute Gasteiger partial charge is 0.493 e. The molecule has 2 heterocycles. The number of benzene rings is 2. The lowest BCUT2D eigenvalue weighted by Gasteiger charge is -2.35. The van der Waals surface area contributed by atoms with Gasteiger partial charge in [-0.25, -0.2) is 9.79 Å². The van der Waals surface area contributed by atoms with E-state index < -0.39 is 5.66 Å². The number of piperidine rings is 1. The molecule has 0 radical (unpaired) electrons. The van der Waals surface area contributed by atoms with Crippen LogP contribution in [0.25, 0.3) is 0 Å². The lowest BCUT2D eigenvalue weighted by molar-refractivity contribution is 0.175. The van der Waals surface area contributed by atoms with Crippen molar-refractivity contribution in [1.82, 2.24) is 4.90 Å². The molecule has 0 atom stereocenters. The van der Waals surface area contributed by atoms with Gasteiger partial charge in [-0.2, -0.15) is 0 Å². The Morgan fingerprint density at radius 1 is 1.06 bits per heavy atom. The number of hydrogen-bond acceptors (Lipinski definition) is 6. The first-order valence-electron chi connectivity index (χ1n) is 10.7. The third-order valence-electron chi connectivity index (χ3n) is 5.65. The van der Waals surface area contributed by atoms with Crippen LogP contribution in [0, 0.1) is 0 Å². The summed E-state index contributed by atoms with van der Waals surface area (Å²) in [5, 5.41) is 3.96. The molecule has 2 amide bonds. The number of hydrogen-bond donors (Lipinski definition) is 1. The Morgan fingerprint density at radius 2 is 1.78 bits per heavy atom. The van der Waals surface area contributed by atoms with Crippen LogP contribution >= 0.6 is 11.8 Å². The maximum Gasteiger partial charge on any atom is 0.321 e. The molecule has 1 fully saturated rings. The number of carbonyl (C=O) groups excluding carboxylic acids is 1. The van der Waals surface area contributed by atoms with Crippen molar-refractivity contribution in [1.29, 1.82) is 0 Å². The molecule has 4 rings (SSSR count). The number of urea groups is 1. The predicted octanol–water partition coefficient (Wildman–Crippen LogP) is 4.68. The molecule has 0 saturated carbocycles. The van der Waals surface area contributed by atoms with Gasteiger partial charge in [-0.15, -0.1) is 11.8 Å². The highest BCUT2D eigenvalue weighted by Crippen LogP contribution is 2.36. The molecule has 2 aromatic rings. The van der Waals surface area contributed by atoms with Crippen LogP contribution < -0.4 is 14.8 Å². The van der Waals surface area contributed by atoms with E-state index in [0.717, 1.165) is 22.1 Å². The second-order valence-electron chi connectivity index (χ2n) is 7.65. The summed E-state index contributed by atoms with van der Waals surface area (Å²) < 4.78 is 10.6. The van der Waals surface area contributed by atoms with E-state index in [1.54, 1.807) is 44.2 Å². The molecule has 1 spiro atoms. The van der Waals surface area contributed by atoms with E-state index in [9.17, 15) is 4.79 Å². The van der Waals surface area contributed by atoms with Crippen LogP contribution in [0.5, 0.6) is 11.5 Å². The number of nitrogens with zero attached hydrogens (tertiary/aromatic N) is 3. The smallest absolute Gasteiger partial charge is 0.321 e. The fraction of sp³-hybridized carbons (Fsp3) is 0.375. The highest BCUT2D eigenvalue weighted by Gasteiger charge is 2.40. The van der Waals surface area contributed by atoms with Crippen LogP contribution in [-0.4, -0.2) is 60.4 Å². The Bertz CT molecular complexity index is 1030. The first-order valence-corrected chi connectivity index (χ1v) is 11.7. The summed E-state index contributed by atoms with van der Waals surface area (Å²) in [6.45, 7) is 3.32. The van der Waals surface area contributed by atoms with Gasteiger partial charge in [0.2, 0.25) is 0 Å². The zero-order valence-electron chi connectivity index (χ0n) is 18.6. The van der Waals surface area contributed by atoms with Gasteiger partial charge in [0.15, 0.2) is 17.2 Å². The summed E-state index contributed by atoms with van der Waals surface area (Å²) in [4.78, 5) is 24.8. The third-order valence-corrected chi connectivity index (χ3v) is 6.49. The van der Waals surface area contributed by atoms with Crippen molar-refractivity contribution in [3.05, 3.63) is 54.1 Å². The quantitative estimate of drug-likeness (QED) is 0.715. The minimum atomic E-state index is -0.469. The van der Waals surface area contributed by atoms with Gasteiger partial charge in [-0.05, 0) is 17.9 Å². The summed E-state index contributed by atoms with van der Waals surface area (Å²) in [6, 6.07) is 15.4. The van der Waals surface area contributed by atoms with Gasteiger partial charge < -0.3 is 19.7 Å². The summed E-state index contributed by atoms with van der Waals surface area (Å²) >= 11 is 1.73. The number of rotatable bonds is 5. The van der Waals surface area contributed by atoms with Crippen LogP contribution in [0.2, 0.25) is 0 Å². The fourth-order valence-electron chi connectivity index (χ4n) is 3.95. The Kier molecular flexibility index (Phi) is 6.69. The fourth-order valence-corrected chi connectivity index (χ4v) is 4.76. The zero-order chi connectivity index (χ0) is 22.6. The van der Waals surface area contributed by atoms with Crippen molar-refractivity contribution in [2.24, 2.45) is 9.98 Å². The molecule has 0 aliphatic carbocycles. The van der Waals surface area contributed by atoms with Gasteiger partial charge in [0.05, 0.1) is 19.9 Å². The Labute approximate surface area is 192 Å². The molecule has 0 bridgehead atoms. The number of anilines is 1. The van der Waals surface area contributed by atoms with Crippen molar-refractivity contribution < 1.29 is 14.3 Å². The molecule has 8 heteroatoms. The van der Waals surface area contributed by atoms with Crippen molar-refractivity contribution in [3.8, 4) is 11.5 Å². The van der Waals surface area contributed by atoms with Crippen LogP contribution in [0.1, 0.15) is 25.3 Å². The monoisotopic (exact) mass is 452 g/mol. The number of amides is 2. The molecule has 0 unspecified atom stereocenters. The van der Waals surface area contributed by atoms with E-state index in [1.165, 1.54) is 0 Å². The number of likely N-dealkylation sites (tertiary alicyclic amines) is 1. The number of aliphatic imine (C=N–C) groups is 2. The number of ether oxygens (including phenoxy) is 2. The van der Waals surface area contributed by atoms with Crippen molar-refractivity contribution in [3.63, 3.8) is 0 Å². The van der Waals surface area contributed by atoms with Gasteiger partial charge in [0.25, 0.3) is 0 Å². The highest BCUT2D eigenvalue weighted by atomic mass is 32.2. The van der Waals surface area contributed by atoms with Crippen LogP contribution in [-0.2, 0) is 0 Å². The van der Waals surface area contributed by atoms with Crippen molar-refractivity contribution in [2.75, 3.05) is 38.4 Å². The molecule has 1 N–H and O–H groups in total. The Balaban J connectivity index is 1.44. The minimum Gasteiger partial charge on any atom is -0.493 e. The number of thioether (sulfide) groups is 1. The van der Waals surface area contributed by atoms with Gasteiger partial charge in [0, 0.05) is 43.2 Å². The Morgan fingerprint density at radius 3 is 2.44 bits per heavy atom. The molecule has 2 aromatic carbocycles. The standard InChI is InChI=1S/C24H28N4O3S/c1-4-32-22-21(17-8-6-5-7-9-17)26-24(27-22)12-14-28(15-13-24)23(29)25-18-10-11-19(30-2)20(16-18)31-3/h5-11,16H,4,12-15H2,1-3H3,(H,25,29). The SMILES string of the molecule is CCSC1=NC2(CCN(C(=O)Nc3ccc(OC)c(OC)c3)CC2)N=C1c1ccccc1.